The summed E-state index contributed by atoms with van der Waals surface area (Å²) in [6.07, 6.45) is 0. The Morgan fingerprint density at radius 2 is 1.81 bits per heavy atom. The Hall–Kier alpha value is -3.28. The average Bonchev–Trinajstić information content (AvgIpc) is 2.67. The molecule has 0 saturated carbocycles. The van der Waals surface area contributed by atoms with Crippen LogP contribution in [-0.4, -0.2) is 19.6 Å². The Balaban J connectivity index is 1.89. The summed E-state index contributed by atoms with van der Waals surface area (Å²) >= 11 is 0. The molecular weight excluding hydrogens is 346 g/mol. The number of nitrogens with one attached hydrogen (secondary N) is 1. The molecule has 0 aliphatic heterocycles. The van der Waals surface area contributed by atoms with Crippen LogP contribution >= 0.6 is 0 Å². The van der Waals surface area contributed by atoms with Gasteiger partial charge in [-0.25, -0.2) is 4.79 Å². The highest BCUT2D eigenvalue weighted by molar-refractivity contribution is 6.05. The summed E-state index contributed by atoms with van der Waals surface area (Å²) in [4.78, 5) is 24.7. The van der Waals surface area contributed by atoms with Gasteiger partial charge in [0.25, 0.3) is 5.91 Å². The second-order valence-corrected chi connectivity index (χ2v) is 6.04. The molecule has 27 heavy (non-hydrogen) atoms. The van der Waals surface area contributed by atoms with Gasteiger partial charge >= 0.3 is 5.63 Å². The second-order valence-electron chi connectivity index (χ2n) is 6.04. The molecule has 0 fully saturated rings. The number of carbonyl (C=O) groups is 1. The lowest BCUT2D eigenvalue weighted by Crippen LogP contribution is -2.27. The molecule has 1 unspecified atom stereocenters. The van der Waals surface area contributed by atoms with E-state index in [0.29, 0.717) is 23.3 Å². The van der Waals surface area contributed by atoms with Crippen molar-refractivity contribution in [1.82, 2.24) is 5.32 Å². The van der Waals surface area contributed by atoms with Crippen molar-refractivity contribution in [3.8, 4) is 11.5 Å². The molecule has 140 valence electrons. The van der Waals surface area contributed by atoms with Crippen LogP contribution in [0, 0.1) is 0 Å². The van der Waals surface area contributed by atoms with Gasteiger partial charge in [0.15, 0.2) is 0 Å². The maximum absolute atomic E-state index is 12.8. The predicted octanol–water partition coefficient (Wildman–Crippen LogP) is 3.69. The van der Waals surface area contributed by atoms with Crippen molar-refractivity contribution in [3.05, 3.63) is 70.1 Å². The number of amides is 1. The topological polar surface area (TPSA) is 77.8 Å². The number of ether oxygens (including phenoxy) is 2. The minimum Gasteiger partial charge on any atom is -0.497 e. The van der Waals surface area contributed by atoms with Gasteiger partial charge in [0, 0.05) is 17.5 Å². The number of methoxy groups -OCH3 is 1. The lowest BCUT2D eigenvalue weighted by atomic mass is 10.1. The average molecular weight is 367 g/mol. The van der Waals surface area contributed by atoms with Gasteiger partial charge in [-0.15, -0.1) is 0 Å². The third kappa shape index (κ3) is 4.11. The van der Waals surface area contributed by atoms with Crippen LogP contribution in [0.2, 0.25) is 0 Å². The molecule has 2 aromatic carbocycles. The molecular formula is C21H21NO5. The molecule has 1 atom stereocenters. The standard InChI is InChI=1S/C21H21NO5/c1-4-26-16-9-10-17-18(12-20(23)27-19(17)11-16)21(24)22-13(2)14-5-7-15(25-3)8-6-14/h5-13H,4H2,1-3H3,(H,22,24). The molecule has 3 rings (SSSR count). The number of carbonyl (C=O) groups excluding carboxylic acids is 1. The third-order valence-electron chi connectivity index (χ3n) is 4.24. The molecule has 6 heteroatoms. The molecule has 3 aromatic rings. The Morgan fingerprint density at radius 3 is 2.48 bits per heavy atom. The summed E-state index contributed by atoms with van der Waals surface area (Å²) < 4.78 is 15.8. The number of rotatable bonds is 6. The fraction of sp³-hybridized carbons (Fsp3) is 0.238. The van der Waals surface area contributed by atoms with E-state index in [9.17, 15) is 9.59 Å². The predicted molar refractivity (Wildman–Crippen MR) is 103 cm³/mol. The number of hydrogen-bond donors (Lipinski definition) is 1. The van der Waals surface area contributed by atoms with Crippen molar-refractivity contribution in [2.24, 2.45) is 0 Å². The zero-order valence-corrected chi connectivity index (χ0v) is 15.4. The van der Waals surface area contributed by atoms with E-state index in [1.165, 1.54) is 6.07 Å². The van der Waals surface area contributed by atoms with Crippen molar-refractivity contribution in [1.29, 1.82) is 0 Å². The Labute approximate surface area is 156 Å². The molecule has 6 nitrogen and oxygen atoms in total. The van der Waals surface area contributed by atoms with Crippen LogP contribution in [0.15, 0.2) is 57.7 Å². The smallest absolute Gasteiger partial charge is 0.337 e. The van der Waals surface area contributed by atoms with Gasteiger partial charge in [-0.3, -0.25) is 4.79 Å². The van der Waals surface area contributed by atoms with Gasteiger partial charge in [-0.2, -0.15) is 0 Å². The van der Waals surface area contributed by atoms with Crippen LogP contribution in [-0.2, 0) is 0 Å². The van der Waals surface area contributed by atoms with E-state index in [-0.39, 0.29) is 17.5 Å². The summed E-state index contributed by atoms with van der Waals surface area (Å²) in [6.45, 7) is 4.24. The molecule has 0 aliphatic carbocycles. The highest BCUT2D eigenvalue weighted by Gasteiger charge is 2.17. The van der Waals surface area contributed by atoms with Gasteiger partial charge in [-0.05, 0) is 43.7 Å². The normalized spacial score (nSPS) is 11.8. The summed E-state index contributed by atoms with van der Waals surface area (Å²) in [5.74, 6) is 0.978. The SMILES string of the molecule is CCOc1ccc2c(C(=O)NC(C)c3ccc(OC)cc3)cc(=O)oc2c1. The van der Waals surface area contributed by atoms with Crippen LogP contribution in [0.3, 0.4) is 0 Å². The monoisotopic (exact) mass is 367 g/mol. The molecule has 0 aliphatic rings. The largest absolute Gasteiger partial charge is 0.497 e. The minimum atomic E-state index is -0.585. The van der Waals surface area contributed by atoms with Crippen LogP contribution < -0.4 is 20.4 Å². The van der Waals surface area contributed by atoms with Gasteiger partial charge in [0.2, 0.25) is 0 Å². The zero-order valence-electron chi connectivity index (χ0n) is 15.4. The summed E-state index contributed by atoms with van der Waals surface area (Å²) in [5, 5.41) is 3.47. The Morgan fingerprint density at radius 1 is 1.11 bits per heavy atom. The maximum Gasteiger partial charge on any atom is 0.337 e. The van der Waals surface area contributed by atoms with Crippen molar-refractivity contribution >= 4 is 16.9 Å². The first-order chi connectivity index (χ1) is 13.0. The van der Waals surface area contributed by atoms with Gasteiger partial charge in [0.05, 0.1) is 25.3 Å². The van der Waals surface area contributed by atoms with Crippen molar-refractivity contribution in [3.63, 3.8) is 0 Å². The molecule has 0 bridgehead atoms. The van der Waals surface area contributed by atoms with Crippen LogP contribution in [0.25, 0.3) is 11.0 Å². The Kier molecular flexibility index (Phi) is 5.45. The Bertz CT molecular complexity index is 1010. The van der Waals surface area contributed by atoms with Crippen LogP contribution in [0.1, 0.15) is 35.8 Å². The second kappa shape index (κ2) is 7.95. The molecule has 1 heterocycles. The number of benzene rings is 2. The fourth-order valence-corrected chi connectivity index (χ4v) is 2.84. The van der Waals surface area contributed by atoms with Gasteiger partial charge < -0.3 is 19.2 Å². The number of hydrogen-bond acceptors (Lipinski definition) is 5. The first kappa shape index (κ1) is 18.5. The molecule has 1 amide bonds. The van der Waals surface area contributed by atoms with E-state index < -0.39 is 5.63 Å². The lowest BCUT2D eigenvalue weighted by molar-refractivity contribution is 0.0941. The number of fused-ring (bicyclic) bond motifs is 1. The molecule has 1 N–H and O–H groups in total. The lowest BCUT2D eigenvalue weighted by Gasteiger charge is -2.15. The first-order valence-electron chi connectivity index (χ1n) is 8.67. The van der Waals surface area contributed by atoms with E-state index in [0.717, 1.165) is 11.3 Å². The van der Waals surface area contributed by atoms with Crippen molar-refractivity contribution < 1.29 is 18.7 Å². The molecule has 0 radical (unpaired) electrons. The summed E-state index contributed by atoms with van der Waals surface area (Å²) in [5.41, 5.74) is 0.925. The fourth-order valence-electron chi connectivity index (χ4n) is 2.84. The van der Waals surface area contributed by atoms with Crippen molar-refractivity contribution in [2.45, 2.75) is 19.9 Å². The van der Waals surface area contributed by atoms with Gasteiger partial charge in [0.1, 0.15) is 17.1 Å². The molecule has 0 spiro atoms. The van der Waals surface area contributed by atoms with E-state index in [4.69, 9.17) is 13.9 Å². The highest BCUT2D eigenvalue weighted by Crippen LogP contribution is 2.24. The van der Waals surface area contributed by atoms with Crippen LogP contribution in [0.4, 0.5) is 0 Å². The van der Waals surface area contributed by atoms with Crippen molar-refractivity contribution in [2.75, 3.05) is 13.7 Å². The maximum atomic E-state index is 12.8. The van der Waals surface area contributed by atoms with E-state index in [1.807, 2.05) is 38.1 Å². The first-order valence-corrected chi connectivity index (χ1v) is 8.67. The van der Waals surface area contributed by atoms with E-state index in [1.54, 1.807) is 25.3 Å². The van der Waals surface area contributed by atoms with Crippen LogP contribution in [0.5, 0.6) is 11.5 Å². The highest BCUT2D eigenvalue weighted by atomic mass is 16.5. The quantitative estimate of drug-likeness (QED) is 0.672. The summed E-state index contributed by atoms with van der Waals surface area (Å²) in [7, 11) is 1.60. The van der Waals surface area contributed by atoms with Gasteiger partial charge in [-0.1, -0.05) is 12.1 Å². The zero-order chi connectivity index (χ0) is 19.4. The minimum absolute atomic E-state index is 0.242. The van der Waals surface area contributed by atoms with E-state index in [2.05, 4.69) is 5.32 Å². The third-order valence-corrected chi connectivity index (χ3v) is 4.24. The molecule has 0 saturated heterocycles. The summed E-state index contributed by atoms with van der Waals surface area (Å²) in [6, 6.07) is 13.5. The molecule has 1 aromatic heterocycles. The van der Waals surface area contributed by atoms with E-state index >= 15 is 0 Å².